The minimum atomic E-state index is -4.43. The first-order valence-corrected chi connectivity index (χ1v) is 14.9. The number of alkyl halides is 3. The van der Waals surface area contributed by atoms with Gasteiger partial charge in [-0.2, -0.15) is 13.2 Å². The average Bonchev–Trinajstić information content (AvgIpc) is 2.95. The molecule has 2 fully saturated rings. The van der Waals surface area contributed by atoms with Gasteiger partial charge < -0.3 is 15.1 Å². The Kier molecular flexibility index (Phi) is 8.53. The number of urea groups is 1. The molecule has 1 heterocycles. The minimum Gasteiger partial charge on any atom is -0.336 e. The molecule has 1 aliphatic heterocycles. The Labute approximate surface area is 247 Å². The van der Waals surface area contributed by atoms with Crippen LogP contribution in [0, 0.1) is 17.3 Å². The molecule has 2 aromatic rings. The second kappa shape index (κ2) is 11.8. The van der Waals surface area contributed by atoms with E-state index >= 15 is 0 Å². The fraction of sp³-hybridized carbons (Fsp3) is 0.484. The van der Waals surface area contributed by atoms with Gasteiger partial charge in [0.2, 0.25) is 0 Å². The highest BCUT2D eigenvalue weighted by atomic mass is 79.9. The van der Waals surface area contributed by atoms with Crippen molar-refractivity contribution in [1.29, 1.82) is 0 Å². The summed E-state index contributed by atoms with van der Waals surface area (Å²) in [4.78, 5) is 32.2. The molecular weight excluding hydrogens is 597 g/mol. The Morgan fingerprint density at radius 1 is 1.07 bits per heavy atom. The third kappa shape index (κ3) is 6.64. The maximum Gasteiger partial charge on any atom is 0.416 e. The van der Waals surface area contributed by atoms with Crippen molar-refractivity contribution < 1.29 is 22.8 Å². The van der Waals surface area contributed by atoms with E-state index in [9.17, 15) is 22.8 Å². The number of amides is 3. The summed E-state index contributed by atoms with van der Waals surface area (Å²) in [5, 5.41) is 2.81. The second-order valence-corrected chi connectivity index (χ2v) is 12.8. The van der Waals surface area contributed by atoms with Crippen LogP contribution in [0.5, 0.6) is 0 Å². The van der Waals surface area contributed by atoms with E-state index in [4.69, 9.17) is 0 Å². The molecule has 10 heteroatoms. The van der Waals surface area contributed by atoms with Crippen LogP contribution in [0.25, 0.3) is 0 Å². The summed E-state index contributed by atoms with van der Waals surface area (Å²) in [6, 6.07) is 11.6. The van der Waals surface area contributed by atoms with Gasteiger partial charge in [-0.1, -0.05) is 47.5 Å². The van der Waals surface area contributed by atoms with E-state index in [0.29, 0.717) is 68.9 Å². The molecule has 2 unspecified atom stereocenters. The van der Waals surface area contributed by atoms with Gasteiger partial charge in [0, 0.05) is 61.5 Å². The summed E-state index contributed by atoms with van der Waals surface area (Å²) in [5.41, 5.74) is 1.72. The summed E-state index contributed by atoms with van der Waals surface area (Å²) in [6.07, 6.45) is -0.000798. The van der Waals surface area contributed by atoms with Crippen LogP contribution in [0.3, 0.4) is 0 Å². The van der Waals surface area contributed by atoms with Gasteiger partial charge in [0.1, 0.15) is 0 Å². The molecule has 2 bridgehead atoms. The van der Waals surface area contributed by atoms with Crippen molar-refractivity contribution in [3.8, 4) is 0 Å². The number of nitrogens with zero attached hydrogens (tertiary/aromatic N) is 3. The standard InChI is InChI=1S/C31H36BrF3N4O2/c1-30(2)24-7-6-22(27(30)19-24)20-39(29(41)36-26-10-8-23(9-11-26)31(33,34)35)17-14-37-12-15-38(16-13-37)28(40)21-4-3-5-25(32)18-21/h3-6,8-11,18,24,27H,7,12-17,19-20H2,1-2H3,(H,36,41). The summed E-state index contributed by atoms with van der Waals surface area (Å²) >= 11 is 3.42. The molecule has 1 saturated carbocycles. The van der Waals surface area contributed by atoms with Gasteiger partial charge in [-0.05, 0) is 72.6 Å². The lowest BCUT2D eigenvalue weighted by atomic mass is 9.49. The molecule has 1 N–H and O–H groups in total. The summed E-state index contributed by atoms with van der Waals surface area (Å²) < 4.78 is 39.8. The third-order valence-electron chi connectivity index (χ3n) is 9.12. The first-order chi connectivity index (χ1) is 19.4. The Balaban J connectivity index is 1.21. The molecule has 0 radical (unpaired) electrons. The van der Waals surface area contributed by atoms with Crippen LogP contribution in [0.1, 0.15) is 42.6 Å². The van der Waals surface area contributed by atoms with Crippen LogP contribution >= 0.6 is 15.9 Å². The number of hydrogen-bond donors (Lipinski definition) is 1. The number of piperazine rings is 1. The number of rotatable bonds is 7. The van der Waals surface area contributed by atoms with Crippen molar-refractivity contribution in [3.05, 3.63) is 75.8 Å². The highest BCUT2D eigenvalue weighted by Crippen LogP contribution is 2.59. The zero-order chi connectivity index (χ0) is 29.4. The van der Waals surface area contributed by atoms with Gasteiger partial charge in [0.15, 0.2) is 0 Å². The summed E-state index contributed by atoms with van der Waals surface area (Å²) in [5.74, 6) is 1.13. The molecule has 2 atom stereocenters. The van der Waals surface area contributed by atoms with Gasteiger partial charge in [-0.3, -0.25) is 9.69 Å². The summed E-state index contributed by atoms with van der Waals surface area (Å²) in [6.45, 7) is 8.80. The molecule has 2 aromatic carbocycles. The topological polar surface area (TPSA) is 55.9 Å². The fourth-order valence-electron chi connectivity index (χ4n) is 6.31. The van der Waals surface area contributed by atoms with Crippen LogP contribution in [-0.4, -0.2) is 72.5 Å². The zero-order valence-electron chi connectivity index (χ0n) is 23.4. The maximum absolute atomic E-state index is 13.4. The third-order valence-corrected chi connectivity index (χ3v) is 9.62. The molecule has 3 aliphatic carbocycles. The number of halogens is 4. The maximum atomic E-state index is 13.4. The van der Waals surface area contributed by atoms with E-state index in [0.717, 1.165) is 29.4 Å². The number of anilines is 1. The SMILES string of the molecule is CC1(C)C2CC=C(CN(CCN3CCN(C(=O)c4cccc(Br)c4)CC3)C(=O)Nc3ccc(C(F)(F)F)cc3)C1C2. The molecule has 1 saturated heterocycles. The first kappa shape index (κ1) is 29.6. The van der Waals surface area contributed by atoms with Crippen molar-refractivity contribution in [1.82, 2.24) is 14.7 Å². The zero-order valence-corrected chi connectivity index (χ0v) is 25.0. The fourth-order valence-corrected chi connectivity index (χ4v) is 6.71. The van der Waals surface area contributed by atoms with Gasteiger partial charge in [0.25, 0.3) is 5.91 Å². The van der Waals surface area contributed by atoms with Crippen molar-refractivity contribution in [2.45, 2.75) is 32.9 Å². The number of carbonyl (C=O) groups is 2. The number of benzene rings is 2. The van der Waals surface area contributed by atoms with Crippen molar-refractivity contribution in [3.63, 3.8) is 0 Å². The first-order valence-electron chi connectivity index (χ1n) is 14.1. The lowest BCUT2D eigenvalue weighted by Gasteiger charge is -2.57. The molecule has 0 aromatic heterocycles. The van der Waals surface area contributed by atoms with E-state index in [1.807, 2.05) is 29.2 Å². The largest absolute Gasteiger partial charge is 0.416 e. The molecule has 3 amide bonds. The average molecular weight is 634 g/mol. The van der Waals surface area contributed by atoms with Gasteiger partial charge >= 0.3 is 12.2 Å². The predicted octanol–water partition coefficient (Wildman–Crippen LogP) is 6.75. The number of fused-ring (bicyclic) bond motifs is 1. The van der Waals surface area contributed by atoms with E-state index in [-0.39, 0.29) is 17.4 Å². The van der Waals surface area contributed by atoms with Crippen LogP contribution in [0.15, 0.2) is 64.7 Å². The Hall–Kier alpha value is -2.85. The van der Waals surface area contributed by atoms with Gasteiger partial charge in [0.05, 0.1) is 5.56 Å². The highest BCUT2D eigenvalue weighted by Gasteiger charge is 2.51. The number of nitrogens with one attached hydrogen (secondary N) is 1. The normalized spacial score (nSPS) is 22.0. The second-order valence-electron chi connectivity index (χ2n) is 11.9. The van der Waals surface area contributed by atoms with Crippen LogP contribution in [-0.2, 0) is 6.18 Å². The Bertz CT molecular complexity index is 1300. The van der Waals surface area contributed by atoms with E-state index in [2.05, 4.69) is 46.1 Å². The number of carbonyl (C=O) groups excluding carboxylic acids is 2. The minimum absolute atomic E-state index is 0.00847. The quantitative estimate of drug-likeness (QED) is 0.344. The molecule has 0 spiro atoms. The monoisotopic (exact) mass is 632 g/mol. The molecule has 6 nitrogen and oxygen atoms in total. The van der Waals surface area contributed by atoms with Crippen LogP contribution in [0.2, 0.25) is 0 Å². The highest BCUT2D eigenvalue weighted by molar-refractivity contribution is 9.10. The lowest BCUT2D eigenvalue weighted by molar-refractivity contribution is -0.137. The van der Waals surface area contributed by atoms with E-state index < -0.39 is 11.7 Å². The Morgan fingerprint density at radius 2 is 1.78 bits per heavy atom. The predicted molar refractivity (Wildman–Crippen MR) is 157 cm³/mol. The van der Waals surface area contributed by atoms with Crippen molar-refractivity contribution in [2.24, 2.45) is 17.3 Å². The molecule has 4 aliphatic rings. The number of hydrogen-bond acceptors (Lipinski definition) is 3. The molecule has 220 valence electrons. The van der Waals surface area contributed by atoms with E-state index in [1.165, 1.54) is 17.7 Å². The molecular formula is C31H36BrF3N4O2. The lowest BCUT2D eigenvalue weighted by Crippen LogP contribution is -2.52. The summed E-state index contributed by atoms with van der Waals surface area (Å²) in [7, 11) is 0. The molecule has 6 rings (SSSR count). The van der Waals surface area contributed by atoms with Crippen molar-refractivity contribution in [2.75, 3.05) is 51.1 Å². The van der Waals surface area contributed by atoms with Gasteiger partial charge in [-0.25, -0.2) is 4.79 Å². The van der Waals surface area contributed by atoms with Crippen molar-refractivity contribution >= 4 is 33.6 Å². The number of allylic oxidation sites excluding steroid dienone is 1. The van der Waals surface area contributed by atoms with Gasteiger partial charge in [-0.15, -0.1) is 0 Å². The molecule has 41 heavy (non-hydrogen) atoms. The van der Waals surface area contributed by atoms with Crippen LogP contribution in [0.4, 0.5) is 23.7 Å². The Morgan fingerprint density at radius 3 is 2.39 bits per heavy atom. The smallest absolute Gasteiger partial charge is 0.336 e. The van der Waals surface area contributed by atoms with E-state index in [1.54, 1.807) is 4.90 Å². The van der Waals surface area contributed by atoms with Crippen LogP contribution < -0.4 is 5.32 Å².